The van der Waals surface area contributed by atoms with Crippen molar-refractivity contribution in [2.45, 2.75) is 39.8 Å². The highest BCUT2D eigenvalue weighted by atomic mass is 16.3. The third-order valence-electron chi connectivity index (χ3n) is 4.78. The maximum Gasteiger partial charge on any atom is 0.243 e. The maximum atomic E-state index is 13.1. The van der Waals surface area contributed by atoms with E-state index in [1.807, 2.05) is 36.2 Å². The van der Waals surface area contributed by atoms with Gasteiger partial charge < -0.3 is 18.8 Å². The van der Waals surface area contributed by atoms with Crippen LogP contribution in [0.2, 0.25) is 0 Å². The van der Waals surface area contributed by atoms with Gasteiger partial charge in [-0.3, -0.25) is 9.59 Å². The molecule has 1 aliphatic rings. The minimum absolute atomic E-state index is 0.0206. The Bertz CT molecular complexity index is 748. The van der Waals surface area contributed by atoms with Crippen molar-refractivity contribution >= 4 is 11.8 Å². The number of carbonyl (C=O) groups excluding carboxylic acids is 2. The standard InChI is InChI=1S/C20H27N3O3/c1-4-18(24)22(12-15(2)3)13-19(25)23-10-9-21-8-5-6-17(21)20(23)16-7-11-26-14-16/h5-8,11,14-15,20H,4,9-10,12-13H2,1-3H3/t20-/m1/s1. The molecule has 1 aliphatic heterocycles. The fraction of sp³-hybridized carbons (Fsp3) is 0.500. The molecular formula is C20H27N3O3. The van der Waals surface area contributed by atoms with E-state index in [1.54, 1.807) is 17.4 Å². The highest BCUT2D eigenvalue weighted by Crippen LogP contribution is 2.32. The zero-order chi connectivity index (χ0) is 18.7. The number of carbonyl (C=O) groups is 2. The minimum atomic E-state index is -0.178. The normalized spacial score (nSPS) is 16.6. The van der Waals surface area contributed by atoms with E-state index >= 15 is 0 Å². The molecule has 2 amide bonds. The molecule has 0 saturated heterocycles. The first-order chi connectivity index (χ1) is 12.5. The van der Waals surface area contributed by atoms with E-state index in [-0.39, 0.29) is 24.4 Å². The lowest BCUT2D eigenvalue weighted by Crippen LogP contribution is -2.48. The Kier molecular flexibility index (Phi) is 5.49. The van der Waals surface area contributed by atoms with Crippen LogP contribution in [0, 0.1) is 5.92 Å². The Labute approximate surface area is 154 Å². The summed E-state index contributed by atoms with van der Waals surface area (Å²) < 4.78 is 7.44. The molecule has 0 fully saturated rings. The zero-order valence-electron chi connectivity index (χ0n) is 15.7. The SMILES string of the molecule is CCC(=O)N(CC(=O)N1CCn2cccc2[C@H]1c1ccoc1)CC(C)C. The van der Waals surface area contributed by atoms with Crippen molar-refractivity contribution in [3.8, 4) is 0 Å². The summed E-state index contributed by atoms with van der Waals surface area (Å²) >= 11 is 0. The molecule has 0 bridgehead atoms. The van der Waals surface area contributed by atoms with Gasteiger partial charge in [-0.05, 0) is 24.1 Å². The summed E-state index contributed by atoms with van der Waals surface area (Å²) in [7, 11) is 0. The van der Waals surface area contributed by atoms with Gasteiger partial charge in [0.05, 0.1) is 19.1 Å². The van der Waals surface area contributed by atoms with Gasteiger partial charge in [-0.25, -0.2) is 0 Å². The zero-order valence-corrected chi connectivity index (χ0v) is 15.7. The Morgan fingerprint density at radius 3 is 2.77 bits per heavy atom. The van der Waals surface area contributed by atoms with Crippen LogP contribution in [0.25, 0.3) is 0 Å². The van der Waals surface area contributed by atoms with Gasteiger partial charge in [0, 0.05) is 43.5 Å². The summed E-state index contributed by atoms with van der Waals surface area (Å²) in [6.45, 7) is 8.05. The average molecular weight is 357 g/mol. The molecule has 0 unspecified atom stereocenters. The molecule has 3 heterocycles. The van der Waals surface area contributed by atoms with Crippen LogP contribution in [0.5, 0.6) is 0 Å². The monoisotopic (exact) mass is 357 g/mol. The quantitative estimate of drug-likeness (QED) is 0.799. The molecular weight excluding hydrogens is 330 g/mol. The van der Waals surface area contributed by atoms with Crippen molar-refractivity contribution in [2.75, 3.05) is 19.6 Å². The van der Waals surface area contributed by atoms with Crippen molar-refractivity contribution in [1.82, 2.24) is 14.4 Å². The van der Waals surface area contributed by atoms with E-state index in [0.29, 0.717) is 25.4 Å². The van der Waals surface area contributed by atoms with Gasteiger partial charge in [0.15, 0.2) is 0 Å². The average Bonchev–Trinajstić information content (AvgIpc) is 3.30. The predicted molar refractivity (Wildman–Crippen MR) is 98.4 cm³/mol. The number of aromatic nitrogens is 1. The molecule has 0 radical (unpaired) electrons. The fourth-order valence-corrected chi connectivity index (χ4v) is 3.61. The van der Waals surface area contributed by atoms with E-state index in [1.165, 1.54) is 0 Å². The first-order valence-corrected chi connectivity index (χ1v) is 9.25. The number of hydrogen-bond donors (Lipinski definition) is 0. The molecule has 3 rings (SSSR count). The van der Waals surface area contributed by atoms with E-state index in [9.17, 15) is 9.59 Å². The van der Waals surface area contributed by atoms with Crippen LogP contribution < -0.4 is 0 Å². The summed E-state index contributed by atoms with van der Waals surface area (Å²) in [6.07, 6.45) is 5.77. The smallest absolute Gasteiger partial charge is 0.243 e. The van der Waals surface area contributed by atoms with Gasteiger partial charge in [-0.15, -0.1) is 0 Å². The fourth-order valence-electron chi connectivity index (χ4n) is 3.61. The molecule has 2 aromatic heterocycles. The van der Waals surface area contributed by atoms with Crippen molar-refractivity contribution in [3.63, 3.8) is 0 Å². The summed E-state index contributed by atoms with van der Waals surface area (Å²) in [5.41, 5.74) is 2.03. The molecule has 2 aromatic rings. The van der Waals surface area contributed by atoms with Gasteiger partial charge in [0.2, 0.25) is 11.8 Å². The molecule has 0 N–H and O–H groups in total. The second-order valence-corrected chi connectivity index (χ2v) is 7.19. The number of hydrogen-bond acceptors (Lipinski definition) is 3. The second-order valence-electron chi connectivity index (χ2n) is 7.19. The van der Waals surface area contributed by atoms with E-state index in [0.717, 1.165) is 17.8 Å². The van der Waals surface area contributed by atoms with Crippen molar-refractivity contribution in [3.05, 3.63) is 48.2 Å². The highest BCUT2D eigenvalue weighted by Gasteiger charge is 2.33. The predicted octanol–water partition coefficient (Wildman–Crippen LogP) is 2.91. The summed E-state index contributed by atoms with van der Waals surface area (Å²) in [5, 5.41) is 0. The molecule has 6 nitrogen and oxygen atoms in total. The van der Waals surface area contributed by atoms with Crippen molar-refractivity contribution in [2.24, 2.45) is 5.92 Å². The van der Waals surface area contributed by atoms with Crippen LogP contribution in [0.15, 0.2) is 41.3 Å². The minimum Gasteiger partial charge on any atom is -0.472 e. The number of furan rings is 1. The van der Waals surface area contributed by atoms with Crippen LogP contribution in [0.1, 0.15) is 44.5 Å². The second kappa shape index (κ2) is 7.81. The van der Waals surface area contributed by atoms with Crippen LogP contribution in [-0.2, 0) is 16.1 Å². The maximum absolute atomic E-state index is 13.1. The van der Waals surface area contributed by atoms with Gasteiger partial charge >= 0.3 is 0 Å². The van der Waals surface area contributed by atoms with Gasteiger partial charge in [-0.2, -0.15) is 0 Å². The van der Waals surface area contributed by atoms with Crippen LogP contribution in [0.3, 0.4) is 0 Å². The molecule has 0 aliphatic carbocycles. The molecule has 0 spiro atoms. The number of fused-ring (bicyclic) bond motifs is 1. The van der Waals surface area contributed by atoms with Crippen molar-refractivity contribution < 1.29 is 14.0 Å². The Balaban J connectivity index is 1.84. The Hall–Kier alpha value is -2.50. The van der Waals surface area contributed by atoms with E-state index < -0.39 is 0 Å². The topological polar surface area (TPSA) is 58.7 Å². The summed E-state index contributed by atoms with van der Waals surface area (Å²) in [6, 6.07) is 5.77. The number of rotatable bonds is 6. The number of amides is 2. The van der Waals surface area contributed by atoms with E-state index in [4.69, 9.17) is 4.42 Å². The third-order valence-corrected chi connectivity index (χ3v) is 4.78. The molecule has 26 heavy (non-hydrogen) atoms. The highest BCUT2D eigenvalue weighted by molar-refractivity contribution is 5.85. The van der Waals surface area contributed by atoms with Gasteiger partial charge in [0.1, 0.15) is 6.04 Å². The molecule has 0 saturated carbocycles. The molecule has 0 aromatic carbocycles. The summed E-state index contributed by atoms with van der Waals surface area (Å²) in [4.78, 5) is 29.0. The molecule has 6 heteroatoms. The lowest BCUT2D eigenvalue weighted by Gasteiger charge is -2.38. The Morgan fingerprint density at radius 1 is 1.31 bits per heavy atom. The largest absolute Gasteiger partial charge is 0.472 e. The first kappa shape index (κ1) is 18.3. The lowest BCUT2D eigenvalue weighted by molar-refractivity contribution is -0.142. The van der Waals surface area contributed by atoms with Crippen LogP contribution in [-0.4, -0.2) is 45.8 Å². The van der Waals surface area contributed by atoms with E-state index in [2.05, 4.69) is 18.4 Å². The molecule has 140 valence electrons. The first-order valence-electron chi connectivity index (χ1n) is 9.25. The van der Waals surface area contributed by atoms with Gasteiger partial charge in [0.25, 0.3) is 0 Å². The Morgan fingerprint density at radius 2 is 2.12 bits per heavy atom. The molecule has 1 atom stereocenters. The van der Waals surface area contributed by atoms with Gasteiger partial charge in [-0.1, -0.05) is 20.8 Å². The van der Waals surface area contributed by atoms with Crippen LogP contribution in [0.4, 0.5) is 0 Å². The summed E-state index contributed by atoms with van der Waals surface area (Å²) in [5.74, 6) is 0.319. The number of nitrogens with zero attached hydrogens (tertiary/aromatic N) is 3. The van der Waals surface area contributed by atoms with Crippen LogP contribution >= 0.6 is 0 Å². The third kappa shape index (κ3) is 3.69. The lowest BCUT2D eigenvalue weighted by atomic mass is 10.0. The van der Waals surface area contributed by atoms with Crippen molar-refractivity contribution in [1.29, 1.82) is 0 Å².